The number of rotatable bonds is 7. The van der Waals surface area contributed by atoms with E-state index in [0.29, 0.717) is 11.4 Å². The molecule has 0 aliphatic carbocycles. The molecule has 5 heteroatoms. The Labute approximate surface area is 119 Å². The number of nitrogens with two attached hydrogens (primary N) is 1. The summed E-state index contributed by atoms with van der Waals surface area (Å²) >= 11 is 1.75. The van der Waals surface area contributed by atoms with Crippen LogP contribution in [0.4, 0.5) is 5.69 Å². The standard InChI is InChI=1S/C14H22N2O2S/c1-4-12(10-19-3)16(2)14(17)9-18-13-7-5-6-11(15)8-13/h5-8,12H,4,9-10,15H2,1-3H3. The number of amides is 1. The summed E-state index contributed by atoms with van der Waals surface area (Å²) in [4.78, 5) is 13.8. The Morgan fingerprint density at radius 2 is 2.26 bits per heavy atom. The highest BCUT2D eigenvalue weighted by atomic mass is 32.2. The van der Waals surface area contributed by atoms with Gasteiger partial charge in [0, 0.05) is 30.6 Å². The molecular weight excluding hydrogens is 260 g/mol. The van der Waals surface area contributed by atoms with E-state index in [4.69, 9.17) is 10.5 Å². The molecule has 1 atom stereocenters. The fraction of sp³-hybridized carbons (Fsp3) is 0.500. The number of nitrogens with zero attached hydrogens (tertiary/aromatic N) is 1. The molecule has 0 saturated heterocycles. The molecule has 0 saturated carbocycles. The number of hydrogen-bond acceptors (Lipinski definition) is 4. The lowest BCUT2D eigenvalue weighted by Crippen LogP contribution is -2.40. The van der Waals surface area contributed by atoms with Crippen LogP contribution in [0.1, 0.15) is 13.3 Å². The van der Waals surface area contributed by atoms with Gasteiger partial charge in [-0.3, -0.25) is 4.79 Å². The van der Waals surface area contributed by atoms with Crippen LogP contribution in [0, 0.1) is 0 Å². The summed E-state index contributed by atoms with van der Waals surface area (Å²) in [6.45, 7) is 2.13. The molecule has 0 bridgehead atoms. The number of ether oxygens (including phenoxy) is 1. The third-order valence-corrected chi connectivity index (χ3v) is 3.71. The molecule has 19 heavy (non-hydrogen) atoms. The van der Waals surface area contributed by atoms with Gasteiger partial charge >= 0.3 is 0 Å². The van der Waals surface area contributed by atoms with Gasteiger partial charge in [-0.25, -0.2) is 0 Å². The van der Waals surface area contributed by atoms with Gasteiger partial charge in [0.1, 0.15) is 5.75 Å². The van der Waals surface area contributed by atoms with Crippen LogP contribution >= 0.6 is 11.8 Å². The van der Waals surface area contributed by atoms with Crippen LogP contribution in [0.5, 0.6) is 5.75 Å². The molecule has 106 valence electrons. The maximum atomic E-state index is 12.0. The molecule has 0 aliphatic heterocycles. The van der Waals surface area contributed by atoms with Crippen molar-refractivity contribution in [1.29, 1.82) is 0 Å². The topological polar surface area (TPSA) is 55.6 Å². The number of nitrogen functional groups attached to an aromatic ring is 1. The summed E-state index contributed by atoms with van der Waals surface area (Å²) in [5.41, 5.74) is 6.29. The van der Waals surface area contributed by atoms with Crippen molar-refractivity contribution >= 4 is 23.4 Å². The fourth-order valence-electron chi connectivity index (χ4n) is 1.75. The predicted octanol–water partition coefficient (Wildman–Crippen LogP) is 2.25. The van der Waals surface area contributed by atoms with E-state index in [0.717, 1.165) is 12.2 Å². The molecule has 4 nitrogen and oxygen atoms in total. The number of thioether (sulfide) groups is 1. The van der Waals surface area contributed by atoms with Gasteiger partial charge in [0.15, 0.2) is 6.61 Å². The zero-order valence-electron chi connectivity index (χ0n) is 11.8. The van der Waals surface area contributed by atoms with Gasteiger partial charge < -0.3 is 15.4 Å². The average Bonchev–Trinajstić information content (AvgIpc) is 2.41. The number of hydrogen-bond donors (Lipinski definition) is 1. The first kappa shape index (κ1) is 15.7. The number of carbonyl (C=O) groups is 1. The second-order valence-corrected chi connectivity index (χ2v) is 5.29. The van der Waals surface area contributed by atoms with Crippen LogP contribution in [0.3, 0.4) is 0 Å². The van der Waals surface area contributed by atoms with Crippen molar-refractivity contribution in [3.05, 3.63) is 24.3 Å². The molecular formula is C14H22N2O2S. The minimum Gasteiger partial charge on any atom is -0.484 e. The van der Waals surface area contributed by atoms with E-state index in [1.165, 1.54) is 0 Å². The van der Waals surface area contributed by atoms with Crippen molar-refractivity contribution in [2.45, 2.75) is 19.4 Å². The zero-order valence-corrected chi connectivity index (χ0v) is 12.6. The van der Waals surface area contributed by atoms with E-state index in [-0.39, 0.29) is 18.6 Å². The summed E-state index contributed by atoms with van der Waals surface area (Å²) in [6.07, 6.45) is 2.99. The van der Waals surface area contributed by atoms with E-state index in [1.54, 1.807) is 40.9 Å². The molecule has 1 aromatic carbocycles. The molecule has 1 rings (SSSR count). The first-order chi connectivity index (χ1) is 9.08. The van der Waals surface area contributed by atoms with Gasteiger partial charge in [-0.1, -0.05) is 13.0 Å². The lowest BCUT2D eigenvalue weighted by atomic mass is 10.2. The number of anilines is 1. The van der Waals surface area contributed by atoms with Gasteiger partial charge in [0.2, 0.25) is 0 Å². The molecule has 0 spiro atoms. The molecule has 1 unspecified atom stereocenters. The maximum Gasteiger partial charge on any atom is 0.260 e. The van der Waals surface area contributed by atoms with E-state index < -0.39 is 0 Å². The van der Waals surface area contributed by atoms with Crippen molar-refractivity contribution in [3.63, 3.8) is 0 Å². The summed E-state index contributed by atoms with van der Waals surface area (Å²) in [6, 6.07) is 7.36. The first-order valence-electron chi connectivity index (χ1n) is 6.31. The summed E-state index contributed by atoms with van der Waals surface area (Å²) in [5, 5.41) is 0. The SMILES string of the molecule is CCC(CSC)N(C)C(=O)COc1cccc(N)c1. The normalized spacial score (nSPS) is 11.9. The largest absolute Gasteiger partial charge is 0.484 e. The van der Waals surface area contributed by atoms with Crippen LogP contribution in [-0.4, -0.2) is 42.5 Å². The van der Waals surface area contributed by atoms with Crippen LogP contribution in [0.2, 0.25) is 0 Å². The summed E-state index contributed by atoms with van der Waals surface area (Å²) in [7, 11) is 1.83. The molecule has 1 amide bonds. The molecule has 0 fully saturated rings. The zero-order chi connectivity index (χ0) is 14.3. The van der Waals surface area contributed by atoms with Gasteiger partial charge in [-0.2, -0.15) is 11.8 Å². The van der Waals surface area contributed by atoms with Crippen LogP contribution in [-0.2, 0) is 4.79 Å². The Morgan fingerprint density at radius 1 is 1.53 bits per heavy atom. The molecule has 0 radical (unpaired) electrons. The summed E-state index contributed by atoms with van der Waals surface area (Å²) < 4.78 is 5.46. The lowest BCUT2D eigenvalue weighted by molar-refractivity contribution is -0.133. The predicted molar refractivity (Wildman–Crippen MR) is 81.6 cm³/mol. The third-order valence-electron chi connectivity index (χ3n) is 2.99. The smallest absolute Gasteiger partial charge is 0.260 e. The Kier molecular flexibility index (Phi) is 6.56. The molecule has 0 aliphatic rings. The monoisotopic (exact) mass is 282 g/mol. The van der Waals surface area contributed by atoms with Crippen LogP contribution in [0.15, 0.2) is 24.3 Å². The van der Waals surface area contributed by atoms with E-state index in [1.807, 2.05) is 13.3 Å². The number of benzene rings is 1. The lowest BCUT2D eigenvalue weighted by Gasteiger charge is -2.26. The van der Waals surface area contributed by atoms with Crippen molar-refractivity contribution < 1.29 is 9.53 Å². The first-order valence-corrected chi connectivity index (χ1v) is 7.70. The van der Waals surface area contributed by atoms with Crippen molar-refractivity contribution in [1.82, 2.24) is 4.90 Å². The maximum absolute atomic E-state index is 12.0. The fourth-order valence-corrected chi connectivity index (χ4v) is 2.59. The quantitative estimate of drug-likeness (QED) is 0.779. The highest BCUT2D eigenvalue weighted by Gasteiger charge is 2.18. The van der Waals surface area contributed by atoms with E-state index in [2.05, 4.69) is 6.92 Å². The van der Waals surface area contributed by atoms with E-state index >= 15 is 0 Å². The van der Waals surface area contributed by atoms with Gasteiger partial charge in [-0.15, -0.1) is 0 Å². The molecule has 1 aromatic rings. The van der Waals surface area contributed by atoms with Crippen molar-refractivity contribution in [3.8, 4) is 5.75 Å². The Hall–Kier alpha value is -1.36. The van der Waals surface area contributed by atoms with E-state index in [9.17, 15) is 4.79 Å². The van der Waals surface area contributed by atoms with Crippen LogP contribution in [0.25, 0.3) is 0 Å². The highest BCUT2D eigenvalue weighted by molar-refractivity contribution is 7.98. The molecule has 2 N–H and O–H groups in total. The second-order valence-electron chi connectivity index (χ2n) is 4.38. The third kappa shape index (κ3) is 5.03. The molecule has 0 heterocycles. The van der Waals surface area contributed by atoms with Gasteiger partial charge in [-0.05, 0) is 24.8 Å². The van der Waals surface area contributed by atoms with Crippen molar-refractivity contribution in [2.24, 2.45) is 0 Å². The minimum atomic E-state index is -0.0108. The highest BCUT2D eigenvalue weighted by Crippen LogP contribution is 2.15. The second kappa shape index (κ2) is 7.94. The van der Waals surface area contributed by atoms with Crippen molar-refractivity contribution in [2.75, 3.05) is 31.4 Å². The Bertz CT molecular complexity index is 412. The van der Waals surface area contributed by atoms with Gasteiger partial charge in [0.25, 0.3) is 5.91 Å². The minimum absolute atomic E-state index is 0.0108. The van der Waals surface area contributed by atoms with Crippen LogP contribution < -0.4 is 10.5 Å². The average molecular weight is 282 g/mol. The Morgan fingerprint density at radius 3 is 2.84 bits per heavy atom. The number of carbonyl (C=O) groups excluding carboxylic acids is 1. The Balaban J connectivity index is 2.50. The number of likely N-dealkylation sites (N-methyl/N-ethyl adjacent to an activating group) is 1. The molecule has 0 aromatic heterocycles. The van der Waals surface area contributed by atoms with Gasteiger partial charge in [0.05, 0.1) is 0 Å². The summed E-state index contributed by atoms with van der Waals surface area (Å²) in [5.74, 6) is 1.56.